The van der Waals surface area contributed by atoms with Crippen LogP contribution in [0.25, 0.3) is 11.3 Å². The van der Waals surface area contributed by atoms with Gasteiger partial charge in [0, 0.05) is 11.6 Å². The van der Waals surface area contributed by atoms with Gasteiger partial charge in [-0.25, -0.2) is 9.79 Å². The van der Waals surface area contributed by atoms with Crippen LogP contribution in [-0.2, 0) is 14.3 Å². The number of hydrogen-bond acceptors (Lipinski definition) is 8. The number of amides is 1. The third-order valence-corrected chi connectivity index (χ3v) is 4.03. The number of hydrogen-bond donors (Lipinski definition) is 1. The molecule has 0 saturated heterocycles. The largest absolute Gasteiger partial charge is 0.461 e. The Balaban J connectivity index is 1.79. The van der Waals surface area contributed by atoms with E-state index in [-0.39, 0.29) is 29.0 Å². The van der Waals surface area contributed by atoms with Gasteiger partial charge < -0.3 is 9.26 Å². The van der Waals surface area contributed by atoms with Crippen LogP contribution in [0.4, 0.5) is 5.82 Å². The van der Waals surface area contributed by atoms with Crippen molar-refractivity contribution in [2.75, 3.05) is 17.8 Å². The molecule has 1 amide bonds. The molecule has 1 aliphatic rings. The number of hydrazone groups is 1. The summed E-state index contributed by atoms with van der Waals surface area (Å²) in [7, 11) is 0. The van der Waals surface area contributed by atoms with Crippen LogP contribution in [0.5, 0.6) is 0 Å². The second-order valence-electron chi connectivity index (χ2n) is 4.83. The Morgan fingerprint density at radius 1 is 1.40 bits per heavy atom. The highest BCUT2D eigenvalue weighted by Crippen LogP contribution is 2.22. The number of thioether (sulfide) groups is 1. The van der Waals surface area contributed by atoms with Crippen molar-refractivity contribution in [1.82, 2.24) is 5.16 Å². The van der Waals surface area contributed by atoms with Crippen LogP contribution in [0.1, 0.15) is 6.92 Å². The predicted molar refractivity (Wildman–Crippen MR) is 94.5 cm³/mol. The van der Waals surface area contributed by atoms with Crippen molar-refractivity contribution in [2.24, 2.45) is 10.1 Å². The summed E-state index contributed by atoms with van der Waals surface area (Å²) in [5.74, 6) is 0.0671. The maximum Gasteiger partial charge on any atom is 0.361 e. The van der Waals surface area contributed by atoms with Crippen LogP contribution in [-0.4, -0.2) is 40.1 Å². The minimum Gasteiger partial charge on any atom is -0.461 e. The first kappa shape index (κ1) is 16.9. The zero-order valence-electron chi connectivity index (χ0n) is 13.3. The molecule has 0 spiro atoms. The van der Waals surface area contributed by atoms with Gasteiger partial charge in [-0.05, 0) is 6.92 Å². The molecular weight excluding hydrogens is 344 g/mol. The SMILES string of the molecule is CCOC(=O)/C(=N/Nc1cc(-c2ccccc2)on1)C1=NC(=O)CS1. The van der Waals surface area contributed by atoms with Gasteiger partial charge in [0.05, 0.1) is 12.4 Å². The molecule has 1 N–H and O–H groups in total. The third-order valence-electron chi connectivity index (χ3n) is 3.08. The number of nitrogens with one attached hydrogen (secondary N) is 1. The zero-order valence-corrected chi connectivity index (χ0v) is 14.1. The maximum atomic E-state index is 12.0. The molecule has 128 valence electrons. The van der Waals surface area contributed by atoms with Crippen molar-refractivity contribution in [1.29, 1.82) is 0 Å². The molecule has 0 saturated carbocycles. The minimum atomic E-state index is -0.664. The summed E-state index contributed by atoms with van der Waals surface area (Å²) >= 11 is 1.13. The van der Waals surface area contributed by atoms with E-state index in [4.69, 9.17) is 9.26 Å². The Hall–Kier alpha value is -2.94. The number of anilines is 1. The summed E-state index contributed by atoms with van der Waals surface area (Å²) in [5.41, 5.74) is 3.44. The van der Waals surface area contributed by atoms with E-state index in [0.29, 0.717) is 11.6 Å². The Morgan fingerprint density at radius 2 is 2.20 bits per heavy atom. The molecule has 2 heterocycles. The number of ether oxygens (including phenoxy) is 1. The van der Waals surface area contributed by atoms with Crippen molar-refractivity contribution >= 4 is 40.2 Å². The highest BCUT2D eigenvalue weighted by molar-refractivity contribution is 8.17. The molecule has 2 aromatic rings. The molecule has 25 heavy (non-hydrogen) atoms. The van der Waals surface area contributed by atoms with Crippen LogP contribution in [0.3, 0.4) is 0 Å². The Bertz CT molecular complexity index is 845. The quantitative estimate of drug-likeness (QED) is 0.480. The van der Waals surface area contributed by atoms with E-state index in [0.717, 1.165) is 17.3 Å². The van der Waals surface area contributed by atoms with Gasteiger partial charge in [-0.15, -0.1) is 0 Å². The molecule has 1 aromatic carbocycles. The lowest BCUT2D eigenvalue weighted by molar-refractivity contribution is -0.134. The fourth-order valence-corrected chi connectivity index (χ4v) is 2.75. The molecule has 9 heteroatoms. The lowest BCUT2D eigenvalue weighted by Gasteiger charge is -2.04. The predicted octanol–water partition coefficient (Wildman–Crippen LogP) is 2.34. The fourth-order valence-electron chi connectivity index (χ4n) is 1.99. The van der Waals surface area contributed by atoms with Gasteiger partial charge >= 0.3 is 5.97 Å². The fraction of sp³-hybridized carbons (Fsp3) is 0.188. The number of rotatable bonds is 6. The average molecular weight is 358 g/mol. The topological polar surface area (TPSA) is 106 Å². The van der Waals surface area contributed by atoms with Crippen LogP contribution in [0.15, 0.2) is 51.0 Å². The number of aromatic nitrogens is 1. The monoisotopic (exact) mass is 358 g/mol. The maximum absolute atomic E-state index is 12.0. The smallest absolute Gasteiger partial charge is 0.361 e. The summed E-state index contributed by atoms with van der Waals surface area (Å²) in [4.78, 5) is 27.1. The second-order valence-corrected chi connectivity index (χ2v) is 5.80. The molecule has 0 bridgehead atoms. The second kappa shape index (κ2) is 7.75. The van der Waals surface area contributed by atoms with Gasteiger partial charge in [0.2, 0.25) is 5.71 Å². The van der Waals surface area contributed by atoms with Crippen molar-refractivity contribution in [3.8, 4) is 11.3 Å². The number of benzene rings is 1. The van der Waals surface area contributed by atoms with Crippen molar-refractivity contribution in [2.45, 2.75) is 6.92 Å². The van der Waals surface area contributed by atoms with E-state index < -0.39 is 5.97 Å². The Morgan fingerprint density at radius 3 is 2.88 bits per heavy atom. The van der Waals surface area contributed by atoms with Gasteiger partial charge in [0.25, 0.3) is 5.91 Å². The van der Waals surface area contributed by atoms with Gasteiger partial charge in [-0.1, -0.05) is 47.3 Å². The number of esters is 1. The van der Waals surface area contributed by atoms with E-state index in [1.807, 2.05) is 30.3 Å². The van der Waals surface area contributed by atoms with E-state index >= 15 is 0 Å². The van der Waals surface area contributed by atoms with Crippen LogP contribution in [0, 0.1) is 0 Å². The molecular formula is C16H14N4O4S. The molecule has 0 radical (unpaired) electrons. The van der Waals surface area contributed by atoms with Gasteiger partial charge in [-0.2, -0.15) is 5.10 Å². The van der Waals surface area contributed by atoms with Gasteiger partial charge in [0.15, 0.2) is 11.6 Å². The first-order valence-corrected chi connectivity index (χ1v) is 8.43. The van der Waals surface area contributed by atoms with Crippen LogP contribution < -0.4 is 5.43 Å². The van der Waals surface area contributed by atoms with Crippen LogP contribution in [0.2, 0.25) is 0 Å². The van der Waals surface area contributed by atoms with Gasteiger partial charge in [0.1, 0.15) is 5.04 Å². The first-order valence-electron chi connectivity index (χ1n) is 7.45. The Kier molecular flexibility index (Phi) is 5.24. The summed E-state index contributed by atoms with van der Waals surface area (Å²) in [6, 6.07) is 11.1. The van der Waals surface area contributed by atoms with Crippen molar-refractivity contribution in [3.63, 3.8) is 0 Å². The first-order chi connectivity index (χ1) is 12.2. The molecule has 0 fully saturated rings. The third kappa shape index (κ3) is 4.13. The van der Waals surface area contributed by atoms with E-state index in [1.165, 1.54) is 0 Å². The summed E-state index contributed by atoms with van der Waals surface area (Å²) in [6.45, 7) is 1.87. The zero-order chi connectivity index (χ0) is 17.6. The lowest BCUT2D eigenvalue weighted by atomic mass is 10.2. The summed E-state index contributed by atoms with van der Waals surface area (Å²) in [5, 5.41) is 8.08. The number of nitrogens with zero attached hydrogens (tertiary/aromatic N) is 3. The van der Waals surface area contributed by atoms with Crippen LogP contribution >= 0.6 is 11.8 Å². The molecule has 1 aliphatic heterocycles. The summed E-state index contributed by atoms with van der Waals surface area (Å²) in [6.07, 6.45) is 0. The van der Waals surface area contributed by atoms with E-state index in [9.17, 15) is 9.59 Å². The minimum absolute atomic E-state index is 0.0676. The normalized spacial score (nSPS) is 14.4. The number of aliphatic imine (C=N–C) groups is 1. The molecule has 1 aromatic heterocycles. The average Bonchev–Trinajstić information content (AvgIpc) is 3.26. The highest BCUT2D eigenvalue weighted by Gasteiger charge is 2.26. The summed E-state index contributed by atoms with van der Waals surface area (Å²) < 4.78 is 10.2. The van der Waals surface area contributed by atoms with Crippen molar-refractivity contribution in [3.05, 3.63) is 36.4 Å². The molecule has 0 aliphatic carbocycles. The Labute approximate surface area is 147 Å². The van der Waals surface area contributed by atoms with Gasteiger partial charge in [-0.3, -0.25) is 10.2 Å². The molecule has 3 rings (SSSR count). The molecule has 8 nitrogen and oxygen atoms in total. The van der Waals surface area contributed by atoms with E-state index in [1.54, 1.807) is 13.0 Å². The lowest BCUT2D eigenvalue weighted by Crippen LogP contribution is -2.25. The highest BCUT2D eigenvalue weighted by atomic mass is 32.2. The number of carbonyl (C=O) groups is 2. The van der Waals surface area contributed by atoms with E-state index in [2.05, 4.69) is 20.7 Å². The molecule has 0 atom stereocenters. The molecule has 0 unspecified atom stereocenters. The van der Waals surface area contributed by atoms with Crippen molar-refractivity contribution < 1.29 is 18.8 Å². The standard InChI is InChI=1S/C16H14N4O4S/c1-2-23-16(22)14(15-17-13(21)9-25-15)19-18-12-8-11(24-20-12)10-6-4-3-5-7-10/h3-8H,2,9H2,1H3,(H,18,20)/b19-14+. The number of carbonyl (C=O) groups excluding carboxylic acids is 2.